The number of hydrogen-bond acceptors (Lipinski definition) is 3. The van der Waals surface area contributed by atoms with Gasteiger partial charge in [-0.05, 0) is 53.9 Å². The maximum absolute atomic E-state index is 14.1. The fourth-order valence-corrected chi connectivity index (χ4v) is 2.52. The molecule has 0 aliphatic carbocycles. The smallest absolute Gasteiger partial charge is 0.422 e. The molecule has 8 heteroatoms. The molecule has 0 aromatic heterocycles. The zero-order chi connectivity index (χ0) is 19.8. The number of halogens is 5. The van der Waals surface area contributed by atoms with E-state index in [2.05, 4.69) is 0 Å². The van der Waals surface area contributed by atoms with Crippen LogP contribution in [0.15, 0.2) is 48.5 Å². The minimum absolute atomic E-state index is 0.0677. The van der Waals surface area contributed by atoms with Gasteiger partial charge in [0, 0.05) is 5.39 Å². The molecule has 3 nitrogen and oxygen atoms in total. The van der Waals surface area contributed by atoms with Gasteiger partial charge in [-0.1, -0.05) is 0 Å². The van der Waals surface area contributed by atoms with Crippen LogP contribution in [0, 0.1) is 11.6 Å². The van der Waals surface area contributed by atoms with Crippen molar-refractivity contribution in [1.82, 2.24) is 0 Å². The number of fused-ring (bicyclic) bond motifs is 1. The summed E-state index contributed by atoms with van der Waals surface area (Å²) >= 11 is 0. The average Bonchev–Trinajstić information content (AvgIpc) is 2.60. The van der Waals surface area contributed by atoms with E-state index in [0.717, 1.165) is 18.2 Å². The van der Waals surface area contributed by atoms with Crippen LogP contribution in [0.3, 0.4) is 0 Å². The van der Waals surface area contributed by atoms with Gasteiger partial charge in [0.25, 0.3) is 0 Å². The molecule has 0 fully saturated rings. The number of benzene rings is 3. The van der Waals surface area contributed by atoms with Crippen LogP contribution < -0.4 is 9.47 Å². The fraction of sp³-hybridized carbons (Fsp3) is 0.105. The molecule has 0 heterocycles. The van der Waals surface area contributed by atoms with Gasteiger partial charge in [0.1, 0.15) is 28.7 Å². The maximum Gasteiger partial charge on any atom is 0.422 e. The quantitative estimate of drug-likeness (QED) is 0.347. The Hall–Kier alpha value is -3.16. The third kappa shape index (κ3) is 3.69. The van der Waals surface area contributed by atoms with Crippen LogP contribution >= 0.6 is 0 Å². The van der Waals surface area contributed by atoms with Crippen LogP contribution in [0.5, 0.6) is 11.5 Å². The number of carbonyl (C=O) groups excluding carboxylic acids is 1. The molecule has 3 aromatic rings. The van der Waals surface area contributed by atoms with Gasteiger partial charge >= 0.3 is 12.1 Å². The molecular weight excluding hydrogens is 371 g/mol. The summed E-state index contributed by atoms with van der Waals surface area (Å²) in [5, 5.41) is -0.606. The monoisotopic (exact) mass is 382 g/mol. The van der Waals surface area contributed by atoms with Crippen LogP contribution in [0.4, 0.5) is 22.0 Å². The van der Waals surface area contributed by atoms with Gasteiger partial charge in [0.2, 0.25) is 0 Å². The molecule has 0 atom stereocenters. The summed E-state index contributed by atoms with van der Waals surface area (Å²) in [6.07, 6.45) is -5.16. The molecule has 27 heavy (non-hydrogen) atoms. The Kier molecular flexibility index (Phi) is 4.73. The average molecular weight is 382 g/mol. The number of ether oxygens (including phenoxy) is 2. The van der Waals surface area contributed by atoms with Crippen molar-refractivity contribution in [3.63, 3.8) is 0 Å². The molecular formula is C19H11F5O3. The van der Waals surface area contributed by atoms with Crippen molar-refractivity contribution < 1.29 is 36.2 Å². The third-order valence-corrected chi connectivity index (χ3v) is 3.82. The van der Waals surface area contributed by atoms with E-state index in [4.69, 9.17) is 9.47 Å². The molecule has 3 aromatic carbocycles. The van der Waals surface area contributed by atoms with Crippen molar-refractivity contribution in [2.45, 2.75) is 6.18 Å². The minimum Gasteiger partial charge on any atom is -0.497 e. The Bertz CT molecular complexity index is 1010. The number of methoxy groups -OCH3 is 1. The van der Waals surface area contributed by atoms with Gasteiger partial charge in [-0.2, -0.15) is 13.2 Å². The zero-order valence-corrected chi connectivity index (χ0v) is 13.7. The fourth-order valence-electron chi connectivity index (χ4n) is 2.52. The summed E-state index contributed by atoms with van der Waals surface area (Å²) in [6.45, 7) is 0. The number of esters is 1. The van der Waals surface area contributed by atoms with Crippen molar-refractivity contribution in [2.75, 3.05) is 7.11 Å². The van der Waals surface area contributed by atoms with Gasteiger partial charge in [-0.3, -0.25) is 0 Å². The van der Waals surface area contributed by atoms with E-state index in [1.165, 1.54) is 19.2 Å². The number of hydrogen-bond donors (Lipinski definition) is 0. The summed E-state index contributed by atoms with van der Waals surface area (Å²) in [7, 11) is 1.46. The van der Waals surface area contributed by atoms with Crippen LogP contribution in [-0.4, -0.2) is 13.1 Å². The number of alkyl halides is 3. The highest BCUT2D eigenvalue weighted by molar-refractivity contribution is 5.92. The molecule has 0 radical (unpaired) electrons. The van der Waals surface area contributed by atoms with Gasteiger partial charge < -0.3 is 9.47 Å². The van der Waals surface area contributed by atoms with E-state index < -0.39 is 34.7 Å². The van der Waals surface area contributed by atoms with Gasteiger partial charge in [-0.15, -0.1) is 0 Å². The first kappa shape index (κ1) is 18.6. The minimum atomic E-state index is -5.16. The van der Waals surface area contributed by atoms with Crippen LogP contribution in [0.2, 0.25) is 0 Å². The van der Waals surface area contributed by atoms with Crippen LogP contribution in [0.1, 0.15) is 15.9 Å². The molecule has 0 saturated heterocycles. The predicted octanol–water partition coefficient (Wildman–Crippen LogP) is 5.36. The van der Waals surface area contributed by atoms with Crippen molar-refractivity contribution in [1.29, 1.82) is 0 Å². The molecule has 0 amide bonds. The Morgan fingerprint density at radius 3 is 2.15 bits per heavy atom. The van der Waals surface area contributed by atoms with Crippen molar-refractivity contribution in [2.24, 2.45) is 0 Å². The second-order valence-corrected chi connectivity index (χ2v) is 5.55. The number of rotatable bonds is 3. The summed E-state index contributed by atoms with van der Waals surface area (Å²) < 4.78 is 76.2. The third-order valence-electron chi connectivity index (χ3n) is 3.82. The van der Waals surface area contributed by atoms with E-state index in [-0.39, 0.29) is 16.7 Å². The van der Waals surface area contributed by atoms with E-state index in [0.29, 0.717) is 11.8 Å². The molecule has 3 rings (SSSR count). The summed E-state index contributed by atoms with van der Waals surface area (Å²) in [5.74, 6) is -3.74. The highest BCUT2D eigenvalue weighted by Crippen LogP contribution is 2.37. The van der Waals surface area contributed by atoms with E-state index in [9.17, 15) is 26.7 Å². The lowest BCUT2D eigenvalue weighted by atomic mass is 10.0. The van der Waals surface area contributed by atoms with Crippen molar-refractivity contribution in [3.8, 4) is 11.5 Å². The summed E-state index contributed by atoms with van der Waals surface area (Å²) in [6, 6.07) is 9.75. The molecule has 0 aliphatic heterocycles. The molecule has 0 aliphatic rings. The molecule has 140 valence electrons. The van der Waals surface area contributed by atoms with E-state index >= 15 is 0 Å². The van der Waals surface area contributed by atoms with Crippen LogP contribution in [-0.2, 0) is 6.18 Å². The van der Waals surface area contributed by atoms with Crippen LogP contribution in [0.25, 0.3) is 10.8 Å². The lowest BCUT2D eigenvalue weighted by molar-refractivity contribution is -0.142. The Morgan fingerprint density at radius 1 is 0.926 bits per heavy atom. The molecule has 0 spiro atoms. The van der Waals surface area contributed by atoms with Crippen molar-refractivity contribution >= 4 is 16.7 Å². The topological polar surface area (TPSA) is 35.5 Å². The van der Waals surface area contributed by atoms with Crippen molar-refractivity contribution in [3.05, 3.63) is 71.3 Å². The first-order valence-electron chi connectivity index (χ1n) is 7.56. The molecule has 0 bridgehead atoms. The summed E-state index contributed by atoms with van der Waals surface area (Å²) in [5.41, 5.74) is -1.77. The van der Waals surface area contributed by atoms with Gasteiger partial charge in [0.05, 0.1) is 12.7 Å². The largest absolute Gasteiger partial charge is 0.497 e. The normalized spacial score (nSPS) is 11.5. The van der Waals surface area contributed by atoms with Gasteiger partial charge in [-0.25, -0.2) is 13.6 Å². The Morgan fingerprint density at radius 2 is 1.56 bits per heavy atom. The second-order valence-electron chi connectivity index (χ2n) is 5.55. The Balaban J connectivity index is 1.93. The maximum atomic E-state index is 14.1. The summed E-state index contributed by atoms with van der Waals surface area (Å²) in [4.78, 5) is 12.1. The second kappa shape index (κ2) is 6.86. The predicted molar refractivity (Wildman–Crippen MR) is 86.8 cm³/mol. The SMILES string of the molecule is COc1ccc(C(=O)Oc2ccc3c(F)c(C(F)(F)F)c(F)cc3c2)cc1. The van der Waals surface area contributed by atoms with E-state index in [1.54, 1.807) is 12.1 Å². The molecule has 0 N–H and O–H groups in total. The van der Waals surface area contributed by atoms with Gasteiger partial charge in [0.15, 0.2) is 0 Å². The lowest BCUT2D eigenvalue weighted by Crippen LogP contribution is -2.12. The lowest BCUT2D eigenvalue weighted by Gasteiger charge is -2.12. The zero-order valence-electron chi connectivity index (χ0n) is 13.7. The Labute approximate surface area is 149 Å². The molecule has 0 unspecified atom stereocenters. The van der Waals surface area contributed by atoms with E-state index in [1.807, 2.05) is 0 Å². The highest BCUT2D eigenvalue weighted by atomic mass is 19.4. The first-order chi connectivity index (χ1) is 12.7. The molecule has 0 saturated carbocycles. The standard InChI is InChI=1S/C19H11F5O3/c1-26-12-4-2-10(3-5-12)18(25)27-13-6-7-14-11(8-13)9-15(20)16(17(14)21)19(22,23)24/h2-9H,1H3. The number of carbonyl (C=O) groups is 1. The highest BCUT2D eigenvalue weighted by Gasteiger charge is 2.38. The first-order valence-corrected chi connectivity index (χ1v) is 7.56.